The van der Waals surface area contributed by atoms with Gasteiger partial charge in [0.1, 0.15) is 0 Å². The molecule has 92 valence electrons. The number of hydrogen-bond donors (Lipinski definition) is 3. The number of carboxylic acid groups (broad SMARTS) is 1. The van der Waals surface area contributed by atoms with Crippen molar-refractivity contribution in [3.05, 3.63) is 0 Å². The molecular weight excluding hydrogens is 212 g/mol. The summed E-state index contributed by atoms with van der Waals surface area (Å²) in [6.45, 7) is 0.181. The Morgan fingerprint density at radius 3 is 2.56 bits per heavy atom. The largest absolute Gasteiger partial charge is 0.481 e. The van der Waals surface area contributed by atoms with Gasteiger partial charge >= 0.3 is 5.97 Å². The number of ether oxygens (including phenoxy) is 1. The fraction of sp³-hybridized carbons (Fsp3) is 0.800. The second-order valence-corrected chi connectivity index (χ2v) is 4.18. The molecule has 0 aromatic heterocycles. The van der Waals surface area contributed by atoms with Gasteiger partial charge in [-0.05, 0) is 19.3 Å². The maximum atomic E-state index is 11.6. The van der Waals surface area contributed by atoms with Gasteiger partial charge in [-0.2, -0.15) is 0 Å². The molecule has 1 aliphatic rings. The Morgan fingerprint density at radius 1 is 1.56 bits per heavy atom. The number of nitrogens with two attached hydrogens (primary N) is 1. The van der Waals surface area contributed by atoms with Crippen molar-refractivity contribution in [2.75, 3.05) is 13.7 Å². The van der Waals surface area contributed by atoms with E-state index in [2.05, 4.69) is 5.32 Å². The summed E-state index contributed by atoms with van der Waals surface area (Å²) in [5.41, 5.74) is 5.06. The first-order valence-corrected chi connectivity index (χ1v) is 5.30. The summed E-state index contributed by atoms with van der Waals surface area (Å²) in [6.07, 6.45) is 1.71. The van der Waals surface area contributed by atoms with Crippen LogP contribution in [0.2, 0.25) is 0 Å². The van der Waals surface area contributed by atoms with Gasteiger partial charge < -0.3 is 20.9 Å². The molecule has 16 heavy (non-hydrogen) atoms. The highest BCUT2D eigenvalue weighted by Crippen LogP contribution is 2.28. The Kier molecular flexibility index (Phi) is 4.26. The van der Waals surface area contributed by atoms with Crippen LogP contribution in [-0.4, -0.2) is 42.3 Å². The predicted octanol–water partition coefficient (Wildman–Crippen LogP) is -0.526. The van der Waals surface area contributed by atoms with Crippen molar-refractivity contribution in [3.63, 3.8) is 0 Å². The Morgan fingerprint density at radius 2 is 2.19 bits per heavy atom. The van der Waals surface area contributed by atoms with Gasteiger partial charge in [0.15, 0.2) is 0 Å². The van der Waals surface area contributed by atoms with Crippen LogP contribution in [0.25, 0.3) is 0 Å². The highest BCUT2D eigenvalue weighted by molar-refractivity contribution is 5.87. The average molecular weight is 230 g/mol. The molecule has 0 radical (unpaired) electrons. The van der Waals surface area contributed by atoms with Crippen molar-refractivity contribution in [1.82, 2.24) is 5.32 Å². The number of methoxy groups -OCH3 is 1. The summed E-state index contributed by atoms with van der Waals surface area (Å²) in [7, 11) is 1.42. The number of carboxylic acids is 1. The molecule has 1 rings (SSSR count). The van der Waals surface area contributed by atoms with Crippen LogP contribution >= 0.6 is 0 Å². The standard InChI is InChI=1S/C10H18N2O4/c1-16-7(5-8(13)14)6-12-9(15)10(11)3-2-4-10/h7H,2-6,11H2,1H3,(H,12,15)(H,13,14). The lowest BCUT2D eigenvalue weighted by Gasteiger charge is -2.36. The summed E-state index contributed by atoms with van der Waals surface area (Å²) in [5.74, 6) is -1.17. The number of aliphatic carboxylic acids is 1. The van der Waals surface area contributed by atoms with Gasteiger partial charge in [0.05, 0.1) is 18.1 Å². The van der Waals surface area contributed by atoms with Crippen LogP contribution in [0.15, 0.2) is 0 Å². The minimum Gasteiger partial charge on any atom is -0.481 e. The number of carbonyl (C=O) groups is 2. The first-order valence-electron chi connectivity index (χ1n) is 5.30. The van der Waals surface area contributed by atoms with Crippen molar-refractivity contribution >= 4 is 11.9 Å². The third-order valence-electron chi connectivity index (χ3n) is 2.92. The molecule has 6 nitrogen and oxygen atoms in total. The normalized spacial score (nSPS) is 19.6. The molecule has 0 bridgehead atoms. The van der Waals surface area contributed by atoms with Crippen molar-refractivity contribution in [3.8, 4) is 0 Å². The zero-order valence-electron chi connectivity index (χ0n) is 9.36. The molecular formula is C10H18N2O4. The third kappa shape index (κ3) is 3.18. The second kappa shape index (κ2) is 5.27. The molecule has 0 spiro atoms. The van der Waals surface area contributed by atoms with E-state index in [9.17, 15) is 9.59 Å². The van der Waals surface area contributed by atoms with E-state index in [4.69, 9.17) is 15.6 Å². The van der Waals surface area contributed by atoms with Gasteiger partial charge in [-0.1, -0.05) is 0 Å². The first-order chi connectivity index (χ1) is 7.48. The van der Waals surface area contributed by atoms with Crippen molar-refractivity contribution in [1.29, 1.82) is 0 Å². The quantitative estimate of drug-likeness (QED) is 0.569. The lowest BCUT2D eigenvalue weighted by molar-refractivity contribution is -0.140. The minimum absolute atomic E-state index is 0.131. The highest BCUT2D eigenvalue weighted by Gasteiger charge is 2.40. The molecule has 0 aromatic rings. The van der Waals surface area contributed by atoms with Gasteiger partial charge in [0.25, 0.3) is 0 Å². The predicted molar refractivity (Wildman–Crippen MR) is 56.8 cm³/mol. The molecule has 4 N–H and O–H groups in total. The Labute approximate surface area is 94.1 Å². The summed E-state index contributed by atoms with van der Waals surface area (Å²) in [6, 6.07) is 0. The number of amides is 1. The smallest absolute Gasteiger partial charge is 0.306 e. The van der Waals surface area contributed by atoms with E-state index in [1.807, 2.05) is 0 Å². The van der Waals surface area contributed by atoms with Gasteiger partial charge in [0.2, 0.25) is 5.91 Å². The lowest BCUT2D eigenvalue weighted by Crippen LogP contribution is -2.59. The van der Waals surface area contributed by atoms with Crippen molar-refractivity contribution < 1.29 is 19.4 Å². The van der Waals surface area contributed by atoms with Crippen LogP contribution in [0.5, 0.6) is 0 Å². The van der Waals surface area contributed by atoms with Crippen molar-refractivity contribution in [2.45, 2.75) is 37.3 Å². The van der Waals surface area contributed by atoms with E-state index in [0.29, 0.717) is 12.8 Å². The van der Waals surface area contributed by atoms with E-state index >= 15 is 0 Å². The molecule has 0 heterocycles. The molecule has 0 aromatic carbocycles. The zero-order valence-corrected chi connectivity index (χ0v) is 9.36. The number of rotatable bonds is 6. The first kappa shape index (κ1) is 12.9. The van der Waals surface area contributed by atoms with Gasteiger partial charge in [-0.15, -0.1) is 0 Å². The van der Waals surface area contributed by atoms with Gasteiger partial charge in [-0.3, -0.25) is 9.59 Å². The monoisotopic (exact) mass is 230 g/mol. The lowest BCUT2D eigenvalue weighted by atomic mass is 9.77. The minimum atomic E-state index is -0.952. The Hall–Kier alpha value is -1.14. The fourth-order valence-corrected chi connectivity index (χ4v) is 1.60. The van der Waals surface area contributed by atoms with E-state index in [1.54, 1.807) is 0 Å². The summed E-state index contributed by atoms with van der Waals surface area (Å²) >= 11 is 0. The fourth-order valence-electron chi connectivity index (χ4n) is 1.60. The molecule has 1 aliphatic carbocycles. The van der Waals surface area contributed by atoms with Crippen molar-refractivity contribution in [2.24, 2.45) is 5.73 Å². The van der Waals surface area contributed by atoms with Crippen LogP contribution < -0.4 is 11.1 Å². The van der Waals surface area contributed by atoms with Gasteiger partial charge in [-0.25, -0.2) is 0 Å². The Bertz CT molecular complexity index is 276. The summed E-state index contributed by atoms with van der Waals surface area (Å²) in [4.78, 5) is 22.1. The third-order valence-corrected chi connectivity index (χ3v) is 2.92. The average Bonchev–Trinajstić information content (AvgIpc) is 2.19. The molecule has 1 amide bonds. The SMILES string of the molecule is COC(CNC(=O)C1(N)CCC1)CC(=O)O. The summed E-state index contributed by atoms with van der Waals surface area (Å²) < 4.78 is 4.94. The maximum Gasteiger partial charge on any atom is 0.306 e. The second-order valence-electron chi connectivity index (χ2n) is 4.18. The Balaban J connectivity index is 2.31. The molecule has 1 unspecified atom stereocenters. The van der Waals surface area contributed by atoms with Gasteiger partial charge in [0, 0.05) is 13.7 Å². The molecule has 6 heteroatoms. The maximum absolute atomic E-state index is 11.6. The zero-order chi connectivity index (χ0) is 12.2. The van der Waals surface area contributed by atoms with Crippen LogP contribution in [0.4, 0.5) is 0 Å². The van der Waals surface area contributed by atoms with E-state index in [-0.39, 0.29) is 18.9 Å². The number of hydrogen-bond acceptors (Lipinski definition) is 4. The number of nitrogens with one attached hydrogen (secondary N) is 1. The van der Waals surface area contributed by atoms with E-state index in [0.717, 1.165) is 6.42 Å². The molecule has 1 fully saturated rings. The highest BCUT2D eigenvalue weighted by atomic mass is 16.5. The molecule has 1 atom stereocenters. The topological polar surface area (TPSA) is 102 Å². The molecule has 1 saturated carbocycles. The van der Waals surface area contributed by atoms with Crippen LogP contribution in [0.1, 0.15) is 25.7 Å². The molecule has 0 aliphatic heterocycles. The number of carbonyl (C=O) groups excluding carboxylic acids is 1. The molecule has 0 saturated heterocycles. The van der Waals surface area contributed by atoms with Crippen LogP contribution in [0.3, 0.4) is 0 Å². The van der Waals surface area contributed by atoms with E-state index in [1.165, 1.54) is 7.11 Å². The summed E-state index contributed by atoms with van der Waals surface area (Å²) in [5, 5.41) is 11.2. The van der Waals surface area contributed by atoms with E-state index < -0.39 is 17.6 Å². The van der Waals surface area contributed by atoms with Crippen LogP contribution in [0, 0.1) is 0 Å². The van der Waals surface area contributed by atoms with Crippen LogP contribution in [-0.2, 0) is 14.3 Å².